The maximum absolute atomic E-state index is 11.8. The van der Waals surface area contributed by atoms with Gasteiger partial charge < -0.3 is 9.64 Å². The summed E-state index contributed by atoms with van der Waals surface area (Å²) in [7, 11) is 0. The van der Waals surface area contributed by atoms with Gasteiger partial charge in [0.15, 0.2) is 10.8 Å². The first-order chi connectivity index (χ1) is 9.13. The molecule has 1 saturated heterocycles. The summed E-state index contributed by atoms with van der Waals surface area (Å²) in [4.78, 5) is 19.6. The number of aromatic nitrogens is 1. The van der Waals surface area contributed by atoms with Crippen LogP contribution in [0.3, 0.4) is 0 Å². The molecular formula is C14H22N2O2S. The van der Waals surface area contributed by atoms with E-state index in [2.05, 4.69) is 16.8 Å². The van der Waals surface area contributed by atoms with Crippen molar-refractivity contribution in [2.24, 2.45) is 0 Å². The number of rotatable bonds is 3. The van der Waals surface area contributed by atoms with Crippen molar-refractivity contribution in [2.75, 3.05) is 18.1 Å². The summed E-state index contributed by atoms with van der Waals surface area (Å²) >= 11 is 1.60. The zero-order chi connectivity index (χ0) is 13.8. The molecule has 4 nitrogen and oxygen atoms in total. The van der Waals surface area contributed by atoms with Gasteiger partial charge in [-0.1, -0.05) is 12.8 Å². The third-order valence-electron chi connectivity index (χ3n) is 3.55. The molecule has 0 aliphatic carbocycles. The van der Waals surface area contributed by atoms with Crippen LogP contribution in [0.2, 0.25) is 0 Å². The number of hydrogen-bond donors (Lipinski definition) is 0. The molecule has 0 bridgehead atoms. The summed E-state index contributed by atoms with van der Waals surface area (Å²) in [5.41, 5.74) is 0.485. The van der Waals surface area contributed by atoms with Crippen LogP contribution < -0.4 is 4.90 Å². The quantitative estimate of drug-likeness (QED) is 0.797. The normalized spacial score (nSPS) is 20.2. The number of carbonyl (C=O) groups excluding carboxylic acids is 1. The van der Waals surface area contributed by atoms with Gasteiger partial charge in [0.05, 0.1) is 6.61 Å². The van der Waals surface area contributed by atoms with E-state index in [4.69, 9.17) is 4.74 Å². The molecule has 1 aliphatic heterocycles. The summed E-state index contributed by atoms with van der Waals surface area (Å²) in [5.74, 6) is -0.301. The molecule has 0 radical (unpaired) electrons. The molecule has 0 spiro atoms. The van der Waals surface area contributed by atoms with Gasteiger partial charge in [-0.25, -0.2) is 9.78 Å². The Morgan fingerprint density at radius 1 is 1.47 bits per heavy atom. The maximum Gasteiger partial charge on any atom is 0.358 e. The van der Waals surface area contributed by atoms with Gasteiger partial charge in [0.2, 0.25) is 0 Å². The van der Waals surface area contributed by atoms with Crippen LogP contribution in [-0.4, -0.2) is 30.1 Å². The van der Waals surface area contributed by atoms with Crippen LogP contribution in [0.4, 0.5) is 5.13 Å². The second-order valence-electron chi connectivity index (χ2n) is 5.01. The first-order valence-corrected chi connectivity index (χ1v) is 7.86. The average Bonchev–Trinajstić information content (AvgIpc) is 2.62. The van der Waals surface area contributed by atoms with Crippen molar-refractivity contribution in [3.05, 3.63) is 10.6 Å². The van der Waals surface area contributed by atoms with Gasteiger partial charge in [-0.3, -0.25) is 0 Å². The topological polar surface area (TPSA) is 42.4 Å². The minimum atomic E-state index is -0.301. The summed E-state index contributed by atoms with van der Waals surface area (Å²) in [6.45, 7) is 7.43. The van der Waals surface area contributed by atoms with Crippen LogP contribution in [0.5, 0.6) is 0 Å². The Balaban J connectivity index is 2.20. The van der Waals surface area contributed by atoms with Crippen molar-refractivity contribution in [1.29, 1.82) is 0 Å². The number of anilines is 1. The van der Waals surface area contributed by atoms with Gasteiger partial charge in [-0.05, 0) is 33.6 Å². The molecule has 1 unspecified atom stereocenters. The van der Waals surface area contributed by atoms with Crippen LogP contribution >= 0.6 is 11.3 Å². The number of ether oxygens (including phenoxy) is 1. The van der Waals surface area contributed by atoms with E-state index in [0.717, 1.165) is 16.6 Å². The Hall–Kier alpha value is -1.10. The summed E-state index contributed by atoms with van der Waals surface area (Å²) in [5, 5.41) is 0.968. The van der Waals surface area contributed by atoms with Crippen LogP contribution in [0.1, 0.15) is 54.9 Å². The largest absolute Gasteiger partial charge is 0.461 e. The van der Waals surface area contributed by atoms with Crippen molar-refractivity contribution in [3.8, 4) is 0 Å². The number of carbonyl (C=O) groups is 1. The average molecular weight is 282 g/mol. The molecule has 2 rings (SSSR count). The van der Waals surface area contributed by atoms with E-state index in [9.17, 15) is 4.79 Å². The van der Waals surface area contributed by atoms with E-state index in [0.29, 0.717) is 18.3 Å². The third kappa shape index (κ3) is 3.26. The highest BCUT2D eigenvalue weighted by atomic mass is 32.1. The van der Waals surface area contributed by atoms with Gasteiger partial charge >= 0.3 is 5.97 Å². The zero-order valence-electron chi connectivity index (χ0n) is 11.9. The molecule has 19 heavy (non-hydrogen) atoms. The lowest BCUT2D eigenvalue weighted by Gasteiger charge is -2.26. The van der Waals surface area contributed by atoms with Crippen molar-refractivity contribution >= 4 is 22.4 Å². The molecule has 5 heteroatoms. The predicted octanol–water partition coefficient (Wildman–Crippen LogP) is 3.40. The Morgan fingerprint density at radius 2 is 2.26 bits per heavy atom. The minimum Gasteiger partial charge on any atom is -0.461 e. The van der Waals surface area contributed by atoms with Gasteiger partial charge in [-0.2, -0.15) is 0 Å². The fourth-order valence-electron chi connectivity index (χ4n) is 2.45. The zero-order valence-corrected chi connectivity index (χ0v) is 12.8. The van der Waals surface area contributed by atoms with Crippen molar-refractivity contribution in [1.82, 2.24) is 4.98 Å². The molecule has 1 fully saturated rings. The molecule has 1 aromatic heterocycles. The van der Waals surface area contributed by atoms with Crippen LogP contribution in [0.15, 0.2) is 0 Å². The summed E-state index contributed by atoms with van der Waals surface area (Å²) < 4.78 is 5.05. The van der Waals surface area contributed by atoms with E-state index in [1.165, 1.54) is 25.7 Å². The molecule has 0 amide bonds. The first kappa shape index (κ1) is 14.3. The Kier molecular flexibility index (Phi) is 4.80. The molecule has 0 saturated carbocycles. The molecule has 1 atom stereocenters. The molecular weight excluding hydrogens is 260 g/mol. The van der Waals surface area contributed by atoms with Gasteiger partial charge in [-0.15, -0.1) is 11.3 Å². The van der Waals surface area contributed by atoms with Crippen molar-refractivity contribution in [2.45, 2.75) is 52.5 Å². The monoisotopic (exact) mass is 282 g/mol. The number of esters is 1. The molecule has 1 aromatic rings. The lowest BCUT2D eigenvalue weighted by molar-refractivity contribution is 0.0519. The molecule has 0 N–H and O–H groups in total. The van der Waals surface area contributed by atoms with Crippen LogP contribution in [-0.2, 0) is 4.74 Å². The number of aryl methyl sites for hydroxylation is 1. The smallest absolute Gasteiger partial charge is 0.358 e. The molecule has 2 heterocycles. The lowest BCUT2D eigenvalue weighted by atomic mass is 10.1. The van der Waals surface area contributed by atoms with E-state index in [-0.39, 0.29) is 5.97 Å². The SMILES string of the molecule is CCOC(=O)c1nc(N2CCCCCC2C)sc1C. The fourth-order valence-corrected chi connectivity index (χ4v) is 3.48. The highest BCUT2D eigenvalue weighted by Gasteiger charge is 2.23. The van der Waals surface area contributed by atoms with Gasteiger partial charge in [0.1, 0.15) is 0 Å². The number of thiazole rings is 1. The molecule has 106 valence electrons. The van der Waals surface area contributed by atoms with Gasteiger partial charge in [0.25, 0.3) is 0 Å². The third-order valence-corrected chi connectivity index (χ3v) is 4.56. The number of nitrogens with zero attached hydrogens (tertiary/aromatic N) is 2. The maximum atomic E-state index is 11.8. The fraction of sp³-hybridized carbons (Fsp3) is 0.714. The van der Waals surface area contributed by atoms with Crippen LogP contribution in [0.25, 0.3) is 0 Å². The molecule has 0 aromatic carbocycles. The van der Waals surface area contributed by atoms with E-state index in [1.807, 2.05) is 13.8 Å². The predicted molar refractivity (Wildman–Crippen MR) is 78.1 cm³/mol. The van der Waals surface area contributed by atoms with E-state index < -0.39 is 0 Å². The Labute approximate surface area is 118 Å². The second-order valence-corrected chi connectivity index (χ2v) is 6.20. The highest BCUT2D eigenvalue weighted by molar-refractivity contribution is 7.15. The molecule has 1 aliphatic rings. The Bertz CT molecular complexity index is 445. The standard InChI is InChI=1S/C14H22N2O2S/c1-4-18-13(17)12-11(3)19-14(15-12)16-9-7-5-6-8-10(16)2/h10H,4-9H2,1-3H3. The highest BCUT2D eigenvalue weighted by Crippen LogP contribution is 2.30. The van der Waals surface area contributed by atoms with Crippen molar-refractivity contribution in [3.63, 3.8) is 0 Å². The van der Waals surface area contributed by atoms with E-state index in [1.54, 1.807) is 11.3 Å². The summed E-state index contributed by atoms with van der Waals surface area (Å²) in [6.07, 6.45) is 4.98. The van der Waals surface area contributed by atoms with Crippen LogP contribution in [0, 0.1) is 6.92 Å². The Morgan fingerprint density at radius 3 is 3.00 bits per heavy atom. The lowest BCUT2D eigenvalue weighted by Crippen LogP contribution is -2.32. The summed E-state index contributed by atoms with van der Waals surface area (Å²) in [6, 6.07) is 0.503. The van der Waals surface area contributed by atoms with Gasteiger partial charge in [0, 0.05) is 17.5 Å². The minimum absolute atomic E-state index is 0.301. The first-order valence-electron chi connectivity index (χ1n) is 7.04. The van der Waals surface area contributed by atoms with Crippen molar-refractivity contribution < 1.29 is 9.53 Å². The second kappa shape index (κ2) is 6.37. The van der Waals surface area contributed by atoms with E-state index >= 15 is 0 Å². The number of hydrogen-bond acceptors (Lipinski definition) is 5.